The van der Waals surface area contributed by atoms with Crippen molar-refractivity contribution >= 4 is 6.09 Å². The second-order valence-corrected chi connectivity index (χ2v) is 4.26. The van der Waals surface area contributed by atoms with Crippen LogP contribution in [0.5, 0.6) is 0 Å². The molecule has 0 aliphatic rings. The highest BCUT2D eigenvalue weighted by Gasteiger charge is 2.16. The summed E-state index contributed by atoms with van der Waals surface area (Å²) in [6.45, 7) is 1.80. The van der Waals surface area contributed by atoms with Gasteiger partial charge in [-0.25, -0.2) is 13.9 Å². The Hall–Kier alpha value is -2.37. The van der Waals surface area contributed by atoms with E-state index in [-0.39, 0.29) is 6.04 Å². The van der Waals surface area contributed by atoms with Crippen LogP contribution in [0.25, 0.3) is 5.69 Å². The first-order chi connectivity index (χ1) is 8.99. The maximum Gasteiger partial charge on any atom is 0.407 e. The molecule has 0 saturated heterocycles. The molecule has 0 spiro atoms. The Morgan fingerprint density at radius 2 is 2.05 bits per heavy atom. The van der Waals surface area contributed by atoms with Crippen molar-refractivity contribution in [2.24, 2.45) is 0 Å². The third-order valence-corrected chi connectivity index (χ3v) is 3.07. The van der Waals surface area contributed by atoms with E-state index in [1.165, 1.54) is 22.8 Å². The quantitative estimate of drug-likeness (QED) is 0.926. The van der Waals surface area contributed by atoms with E-state index >= 15 is 0 Å². The highest BCUT2D eigenvalue weighted by Crippen LogP contribution is 2.20. The van der Waals surface area contributed by atoms with Gasteiger partial charge in [0.25, 0.3) is 0 Å². The van der Waals surface area contributed by atoms with Crippen LogP contribution in [0.4, 0.5) is 9.18 Å². The van der Waals surface area contributed by atoms with Gasteiger partial charge in [0.1, 0.15) is 0 Å². The SMILES string of the molecule is CC(c1ccc(-n2cc(F)cn2)cc1)N(C)C(=O)O. The maximum absolute atomic E-state index is 12.9. The van der Waals surface area contributed by atoms with Crippen LogP contribution in [0, 0.1) is 5.82 Å². The Bertz CT molecular complexity index is 580. The normalized spacial score (nSPS) is 12.2. The Morgan fingerprint density at radius 3 is 2.53 bits per heavy atom. The molecular formula is C13H14FN3O2. The summed E-state index contributed by atoms with van der Waals surface area (Å²) in [4.78, 5) is 12.1. The molecule has 5 nitrogen and oxygen atoms in total. The molecule has 0 bridgehead atoms. The molecule has 0 aliphatic heterocycles. The molecule has 1 amide bonds. The molecule has 0 radical (unpaired) electrons. The van der Waals surface area contributed by atoms with Crippen LogP contribution in [-0.4, -0.2) is 32.9 Å². The lowest BCUT2D eigenvalue weighted by atomic mass is 10.1. The molecule has 0 aliphatic carbocycles. The summed E-state index contributed by atoms with van der Waals surface area (Å²) in [7, 11) is 1.52. The number of aromatic nitrogens is 2. The molecule has 1 atom stereocenters. The number of carboxylic acid groups (broad SMARTS) is 1. The highest BCUT2D eigenvalue weighted by molar-refractivity contribution is 5.65. The van der Waals surface area contributed by atoms with E-state index in [9.17, 15) is 9.18 Å². The maximum atomic E-state index is 12.9. The van der Waals surface area contributed by atoms with Crippen molar-refractivity contribution in [1.82, 2.24) is 14.7 Å². The Morgan fingerprint density at radius 1 is 1.42 bits per heavy atom. The summed E-state index contributed by atoms with van der Waals surface area (Å²) >= 11 is 0. The summed E-state index contributed by atoms with van der Waals surface area (Å²) in [6, 6.07) is 6.90. The van der Waals surface area contributed by atoms with Crippen LogP contribution in [0.2, 0.25) is 0 Å². The molecular weight excluding hydrogens is 249 g/mol. The van der Waals surface area contributed by atoms with Crippen LogP contribution >= 0.6 is 0 Å². The lowest BCUT2D eigenvalue weighted by Crippen LogP contribution is -2.27. The third kappa shape index (κ3) is 2.73. The van der Waals surface area contributed by atoms with E-state index in [1.54, 1.807) is 31.2 Å². The summed E-state index contributed by atoms with van der Waals surface area (Å²) < 4.78 is 14.3. The van der Waals surface area contributed by atoms with Crippen LogP contribution in [0.3, 0.4) is 0 Å². The average molecular weight is 263 g/mol. The van der Waals surface area contributed by atoms with Crippen molar-refractivity contribution in [3.05, 3.63) is 48.0 Å². The van der Waals surface area contributed by atoms with Crippen molar-refractivity contribution in [2.45, 2.75) is 13.0 Å². The number of carbonyl (C=O) groups is 1. The first-order valence-corrected chi connectivity index (χ1v) is 5.75. The van der Waals surface area contributed by atoms with Crippen molar-refractivity contribution in [3.8, 4) is 5.69 Å². The molecule has 1 unspecified atom stereocenters. The fourth-order valence-electron chi connectivity index (χ4n) is 1.74. The molecule has 19 heavy (non-hydrogen) atoms. The highest BCUT2D eigenvalue weighted by atomic mass is 19.1. The zero-order chi connectivity index (χ0) is 14.0. The van der Waals surface area contributed by atoms with Gasteiger partial charge in [0.15, 0.2) is 5.82 Å². The fourth-order valence-corrected chi connectivity index (χ4v) is 1.74. The predicted octanol–water partition coefficient (Wildman–Crippen LogP) is 2.68. The molecule has 2 rings (SSSR count). The van der Waals surface area contributed by atoms with Crippen LogP contribution in [0.15, 0.2) is 36.7 Å². The van der Waals surface area contributed by atoms with Gasteiger partial charge in [0.2, 0.25) is 0 Å². The lowest BCUT2D eigenvalue weighted by molar-refractivity contribution is 0.142. The minimum absolute atomic E-state index is 0.249. The zero-order valence-corrected chi connectivity index (χ0v) is 10.6. The molecule has 1 N–H and O–H groups in total. The summed E-state index contributed by atoms with van der Waals surface area (Å²) in [5.41, 5.74) is 1.58. The first-order valence-electron chi connectivity index (χ1n) is 5.75. The number of amides is 1. The summed E-state index contributed by atoms with van der Waals surface area (Å²) in [5.74, 6) is -0.400. The van der Waals surface area contributed by atoms with Crippen LogP contribution < -0.4 is 0 Å². The summed E-state index contributed by atoms with van der Waals surface area (Å²) in [6.07, 6.45) is 1.43. The minimum atomic E-state index is -0.981. The van der Waals surface area contributed by atoms with E-state index in [2.05, 4.69) is 5.10 Å². The molecule has 0 fully saturated rings. The monoisotopic (exact) mass is 263 g/mol. The predicted molar refractivity (Wildman–Crippen MR) is 67.7 cm³/mol. The second-order valence-electron chi connectivity index (χ2n) is 4.26. The van der Waals surface area contributed by atoms with E-state index in [1.807, 2.05) is 0 Å². The van der Waals surface area contributed by atoms with Crippen LogP contribution in [-0.2, 0) is 0 Å². The Kier molecular flexibility index (Phi) is 3.50. The molecule has 6 heteroatoms. The van der Waals surface area contributed by atoms with Gasteiger partial charge in [-0.15, -0.1) is 0 Å². The number of halogens is 1. The van der Waals surface area contributed by atoms with E-state index < -0.39 is 11.9 Å². The topological polar surface area (TPSA) is 58.4 Å². The van der Waals surface area contributed by atoms with Crippen molar-refractivity contribution in [2.75, 3.05) is 7.05 Å². The molecule has 1 heterocycles. The number of hydrogen-bond donors (Lipinski definition) is 1. The molecule has 100 valence electrons. The van der Waals surface area contributed by atoms with Gasteiger partial charge in [-0.1, -0.05) is 12.1 Å². The van der Waals surface area contributed by atoms with Gasteiger partial charge in [-0.3, -0.25) is 0 Å². The van der Waals surface area contributed by atoms with Gasteiger partial charge >= 0.3 is 6.09 Å². The lowest BCUT2D eigenvalue weighted by Gasteiger charge is -2.22. The molecule has 1 aromatic carbocycles. The fraction of sp³-hybridized carbons (Fsp3) is 0.231. The Balaban J connectivity index is 2.21. The van der Waals surface area contributed by atoms with Crippen molar-refractivity contribution in [1.29, 1.82) is 0 Å². The number of benzene rings is 1. The van der Waals surface area contributed by atoms with Crippen LogP contribution in [0.1, 0.15) is 18.5 Å². The number of nitrogens with zero attached hydrogens (tertiary/aromatic N) is 3. The van der Waals surface area contributed by atoms with E-state index in [4.69, 9.17) is 5.11 Å². The Labute approximate surface area is 109 Å². The largest absolute Gasteiger partial charge is 0.465 e. The second kappa shape index (κ2) is 5.09. The summed E-state index contributed by atoms with van der Waals surface area (Å²) in [5, 5.41) is 12.8. The zero-order valence-electron chi connectivity index (χ0n) is 10.6. The van der Waals surface area contributed by atoms with E-state index in [0.29, 0.717) is 0 Å². The standard InChI is InChI=1S/C13H14FN3O2/c1-9(16(2)13(18)19)10-3-5-12(6-4-10)17-8-11(14)7-15-17/h3-9H,1-2H3,(H,18,19). The van der Waals surface area contributed by atoms with Gasteiger partial charge in [0.05, 0.1) is 24.1 Å². The van der Waals surface area contributed by atoms with Gasteiger partial charge in [0, 0.05) is 7.05 Å². The van der Waals surface area contributed by atoms with Crippen molar-refractivity contribution in [3.63, 3.8) is 0 Å². The minimum Gasteiger partial charge on any atom is -0.465 e. The molecule has 1 aromatic heterocycles. The van der Waals surface area contributed by atoms with Gasteiger partial charge in [-0.2, -0.15) is 5.10 Å². The van der Waals surface area contributed by atoms with Gasteiger partial charge in [-0.05, 0) is 24.6 Å². The smallest absolute Gasteiger partial charge is 0.407 e. The van der Waals surface area contributed by atoms with Crippen molar-refractivity contribution < 1.29 is 14.3 Å². The first kappa shape index (κ1) is 13.1. The number of rotatable bonds is 3. The third-order valence-electron chi connectivity index (χ3n) is 3.07. The average Bonchev–Trinajstić information content (AvgIpc) is 2.84. The number of hydrogen-bond acceptors (Lipinski definition) is 2. The molecule has 2 aromatic rings. The van der Waals surface area contributed by atoms with E-state index in [0.717, 1.165) is 17.4 Å². The molecule has 0 saturated carbocycles. The van der Waals surface area contributed by atoms with Gasteiger partial charge < -0.3 is 10.0 Å².